The number of rotatable bonds is 5. The number of likely N-dealkylation sites (N-methyl/N-ethyl adjacent to an activating group) is 1. The largest absolute Gasteiger partial charge is 0.319 e. The lowest BCUT2D eigenvalue weighted by atomic mass is 10.1. The van der Waals surface area contributed by atoms with Crippen molar-refractivity contribution >= 4 is 6.21 Å². The highest BCUT2D eigenvalue weighted by Gasteiger charge is 2.00. The average molecular weight is 362 g/mol. The first-order chi connectivity index (χ1) is 12.6. The minimum atomic E-state index is -0.171. The Balaban J connectivity index is 0. The Morgan fingerprint density at radius 1 is 1.19 bits per heavy atom. The third-order valence-electron chi connectivity index (χ3n) is 3.14. The second-order valence-electron chi connectivity index (χ2n) is 5.12. The third-order valence-corrected chi connectivity index (χ3v) is 3.14. The fourth-order valence-electron chi connectivity index (χ4n) is 1.83. The number of nitrogens with zero attached hydrogens (tertiary/aromatic N) is 2. The molecule has 146 valence electrons. The second kappa shape index (κ2) is 19.1. The van der Waals surface area contributed by atoms with Crippen molar-refractivity contribution < 1.29 is 4.39 Å². The fraction of sp³-hybridized carbons (Fsp3) is 0.409. The Hall–Kier alpha value is -2.20. The van der Waals surface area contributed by atoms with E-state index in [1.54, 1.807) is 12.1 Å². The summed E-state index contributed by atoms with van der Waals surface area (Å²) in [6.07, 6.45) is 11.7. The smallest absolute Gasteiger partial charge is 0.123 e. The van der Waals surface area contributed by atoms with Crippen molar-refractivity contribution in [2.75, 3.05) is 20.6 Å². The molecule has 0 radical (unpaired) electrons. The minimum Gasteiger partial charge on any atom is -0.319 e. The molecule has 1 N–H and O–H groups in total. The van der Waals surface area contributed by atoms with Crippen molar-refractivity contribution in [1.82, 2.24) is 10.3 Å². The Morgan fingerprint density at radius 2 is 1.81 bits per heavy atom. The first-order valence-corrected chi connectivity index (χ1v) is 9.13. The van der Waals surface area contributed by atoms with Gasteiger partial charge in [0.05, 0.1) is 5.70 Å². The molecule has 1 aliphatic rings. The molecule has 1 aromatic rings. The molecule has 4 heteroatoms. The molecule has 0 amide bonds. The van der Waals surface area contributed by atoms with E-state index in [1.165, 1.54) is 17.8 Å². The van der Waals surface area contributed by atoms with Crippen LogP contribution in [-0.2, 0) is 0 Å². The van der Waals surface area contributed by atoms with Gasteiger partial charge in [0.15, 0.2) is 0 Å². The van der Waals surface area contributed by atoms with E-state index in [4.69, 9.17) is 0 Å². The van der Waals surface area contributed by atoms with Crippen LogP contribution in [0.5, 0.6) is 0 Å². The van der Waals surface area contributed by atoms with Crippen LogP contribution in [0.1, 0.15) is 38.7 Å². The summed E-state index contributed by atoms with van der Waals surface area (Å²) in [4.78, 5) is 0. The molecule has 3 nitrogen and oxygen atoms in total. The molecule has 1 aliphatic carbocycles. The van der Waals surface area contributed by atoms with E-state index in [0.29, 0.717) is 0 Å². The molecular weight excluding hydrogens is 325 g/mol. The summed E-state index contributed by atoms with van der Waals surface area (Å²) >= 11 is 0. The molecule has 0 fully saturated rings. The summed E-state index contributed by atoms with van der Waals surface area (Å²) in [7, 11) is 3.93. The van der Waals surface area contributed by atoms with Crippen LogP contribution >= 0.6 is 0 Å². The van der Waals surface area contributed by atoms with E-state index in [2.05, 4.69) is 41.8 Å². The summed E-state index contributed by atoms with van der Waals surface area (Å²) in [5.41, 5.74) is 2.28. The van der Waals surface area contributed by atoms with Crippen LogP contribution in [0.3, 0.4) is 0 Å². The molecule has 2 rings (SSSR count). The molecule has 26 heavy (non-hydrogen) atoms. The van der Waals surface area contributed by atoms with Crippen LogP contribution in [0.25, 0.3) is 0 Å². The van der Waals surface area contributed by atoms with Crippen molar-refractivity contribution in [3.05, 3.63) is 72.7 Å². The molecule has 0 saturated heterocycles. The zero-order valence-electron chi connectivity index (χ0n) is 17.1. The Bertz CT molecular complexity index is 498. The predicted molar refractivity (Wildman–Crippen MR) is 115 cm³/mol. The first kappa shape index (κ1) is 26.0. The van der Waals surface area contributed by atoms with Crippen LogP contribution in [0, 0.1) is 12.7 Å². The predicted octanol–water partition coefficient (Wildman–Crippen LogP) is 5.71. The molecular formula is C22H36FN3. The molecule has 0 aliphatic heterocycles. The molecule has 0 heterocycles. The zero-order chi connectivity index (χ0) is 20.2. The summed E-state index contributed by atoms with van der Waals surface area (Å²) in [6.45, 7) is 12.9. The Labute approximate surface area is 160 Å². The third kappa shape index (κ3) is 14.2. The van der Waals surface area contributed by atoms with Gasteiger partial charge >= 0.3 is 0 Å². The normalized spacial score (nSPS) is 11.8. The van der Waals surface area contributed by atoms with Gasteiger partial charge < -0.3 is 5.32 Å². The lowest BCUT2D eigenvalue weighted by Crippen LogP contribution is -2.12. The van der Waals surface area contributed by atoms with Crippen molar-refractivity contribution in [3.63, 3.8) is 0 Å². The highest BCUT2D eigenvalue weighted by atomic mass is 19.1. The van der Waals surface area contributed by atoms with E-state index < -0.39 is 0 Å². The number of benzene rings is 1. The number of allylic oxidation sites excluding steroid dienone is 3. The van der Waals surface area contributed by atoms with Crippen LogP contribution in [0.2, 0.25) is 0 Å². The second-order valence-corrected chi connectivity index (χ2v) is 5.12. The molecule has 0 unspecified atom stereocenters. The molecule has 0 spiro atoms. The van der Waals surface area contributed by atoms with Gasteiger partial charge in [0.2, 0.25) is 0 Å². The fourth-order valence-corrected chi connectivity index (χ4v) is 1.83. The summed E-state index contributed by atoms with van der Waals surface area (Å²) in [5, 5.41) is 9.34. The maximum absolute atomic E-state index is 12.1. The first-order valence-electron chi connectivity index (χ1n) is 9.13. The summed E-state index contributed by atoms with van der Waals surface area (Å²) in [5.74, 6) is -0.171. The van der Waals surface area contributed by atoms with Crippen molar-refractivity contribution in [1.29, 1.82) is 0 Å². The number of nitrogens with one attached hydrogen (secondary N) is 1. The highest BCUT2D eigenvalue weighted by molar-refractivity contribution is 5.57. The Kier molecular flexibility index (Phi) is 19.2. The quantitative estimate of drug-likeness (QED) is 0.315. The van der Waals surface area contributed by atoms with E-state index in [-0.39, 0.29) is 5.82 Å². The SMILES string of the molecule is C=C.CC.CNCC/C=N\N(C)C1=CCCC=C1.Cc1ccc(F)cc1. The molecule has 0 atom stereocenters. The van der Waals surface area contributed by atoms with Gasteiger partial charge in [-0.05, 0) is 58.0 Å². The van der Waals surface area contributed by atoms with E-state index in [1.807, 2.05) is 46.1 Å². The highest BCUT2D eigenvalue weighted by Crippen LogP contribution is 2.12. The number of hydrogen-bond acceptors (Lipinski definition) is 3. The molecule has 1 aromatic carbocycles. The van der Waals surface area contributed by atoms with Gasteiger partial charge in [-0.3, -0.25) is 5.01 Å². The van der Waals surface area contributed by atoms with E-state index >= 15 is 0 Å². The lowest BCUT2D eigenvalue weighted by Gasteiger charge is -2.16. The molecule has 0 aromatic heterocycles. The van der Waals surface area contributed by atoms with Crippen molar-refractivity contribution in [2.45, 2.75) is 40.0 Å². The van der Waals surface area contributed by atoms with Crippen LogP contribution < -0.4 is 5.32 Å². The average Bonchev–Trinajstić information content (AvgIpc) is 2.71. The van der Waals surface area contributed by atoms with Gasteiger partial charge in [0, 0.05) is 13.3 Å². The van der Waals surface area contributed by atoms with Gasteiger partial charge in [-0.25, -0.2) is 4.39 Å². The topological polar surface area (TPSA) is 27.6 Å². The lowest BCUT2D eigenvalue weighted by molar-refractivity contribution is 0.457. The number of hydrazone groups is 1. The van der Waals surface area contributed by atoms with Gasteiger partial charge in [0.25, 0.3) is 0 Å². The Morgan fingerprint density at radius 3 is 2.27 bits per heavy atom. The van der Waals surface area contributed by atoms with Gasteiger partial charge in [-0.2, -0.15) is 5.10 Å². The van der Waals surface area contributed by atoms with Crippen molar-refractivity contribution in [3.8, 4) is 0 Å². The van der Waals surface area contributed by atoms with Crippen molar-refractivity contribution in [2.24, 2.45) is 5.10 Å². The van der Waals surface area contributed by atoms with Crippen LogP contribution in [0.15, 0.2) is 66.4 Å². The summed E-state index contributed by atoms with van der Waals surface area (Å²) < 4.78 is 12.1. The van der Waals surface area contributed by atoms with Gasteiger partial charge in [-0.15, -0.1) is 13.2 Å². The van der Waals surface area contributed by atoms with E-state index in [0.717, 1.165) is 31.4 Å². The number of halogens is 1. The maximum atomic E-state index is 12.1. The van der Waals surface area contributed by atoms with Crippen LogP contribution in [-0.4, -0.2) is 31.9 Å². The molecule has 0 saturated carbocycles. The minimum absolute atomic E-state index is 0.171. The molecule has 0 bridgehead atoms. The zero-order valence-corrected chi connectivity index (χ0v) is 17.1. The monoisotopic (exact) mass is 361 g/mol. The number of hydrogen-bond donors (Lipinski definition) is 1. The van der Waals surface area contributed by atoms with E-state index in [9.17, 15) is 4.39 Å². The maximum Gasteiger partial charge on any atom is 0.123 e. The summed E-state index contributed by atoms with van der Waals surface area (Å²) in [6, 6.07) is 6.40. The number of aryl methyl sites for hydroxylation is 1. The van der Waals surface area contributed by atoms with Crippen LogP contribution in [0.4, 0.5) is 4.39 Å². The van der Waals surface area contributed by atoms with Gasteiger partial charge in [-0.1, -0.05) is 43.7 Å². The van der Waals surface area contributed by atoms with Gasteiger partial charge in [0.1, 0.15) is 5.82 Å². The standard InChI is InChI=1S/C11H19N3.C7H7F.C2H6.C2H4/c1-12-9-6-10-13-14(2)11-7-4-3-5-8-11;1-6-2-4-7(8)5-3-6;2*1-2/h4,7-8,10,12H,3,5-6,9H2,1-2H3;2-5H,1H3;1-2H3;1-2H2/b13-10-;;;.